The van der Waals surface area contributed by atoms with Crippen molar-refractivity contribution < 1.29 is 18.0 Å². The third-order valence-electron chi connectivity index (χ3n) is 4.17. The second-order valence-corrected chi connectivity index (χ2v) is 7.66. The fraction of sp³-hybridized carbons (Fsp3) is 0.294. The normalized spacial score (nSPS) is 15.2. The summed E-state index contributed by atoms with van der Waals surface area (Å²) < 4.78 is 38.9. The Labute approximate surface area is 172 Å². The maximum atomic E-state index is 12.7. The number of carbonyl (C=O) groups is 1. The summed E-state index contributed by atoms with van der Waals surface area (Å²) in [6, 6.07) is 5.91. The molecule has 0 bridgehead atoms. The maximum Gasteiger partial charge on any atom is 0.417 e. The number of hydrogen-bond donors (Lipinski definition) is 0. The average molecular weight is 483 g/mol. The quantitative estimate of drug-likeness (QED) is 0.595. The van der Waals surface area contributed by atoms with Crippen LogP contribution >= 0.6 is 39.1 Å². The topological polar surface area (TPSA) is 36.4 Å². The van der Waals surface area contributed by atoms with Crippen molar-refractivity contribution in [3.8, 4) is 0 Å². The lowest BCUT2D eigenvalue weighted by Crippen LogP contribution is -2.49. The predicted octanol–water partition coefficient (Wildman–Crippen LogP) is 5.13. The molecule has 4 nitrogen and oxygen atoms in total. The van der Waals surface area contributed by atoms with Crippen LogP contribution in [0, 0.1) is 0 Å². The Balaban J connectivity index is 1.70. The summed E-state index contributed by atoms with van der Waals surface area (Å²) in [5.74, 6) is 0.0738. The zero-order valence-electron chi connectivity index (χ0n) is 13.7. The van der Waals surface area contributed by atoms with Crippen molar-refractivity contribution in [1.82, 2.24) is 9.88 Å². The molecule has 1 aliphatic rings. The van der Waals surface area contributed by atoms with Crippen LogP contribution in [0.4, 0.5) is 19.0 Å². The molecule has 1 aromatic heterocycles. The largest absolute Gasteiger partial charge is 0.417 e. The summed E-state index contributed by atoms with van der Waals surface area (Å²) >= 11 is 15.4. The lowest BCUT2D eigenvalue weighted by molar-refractivity contribution is -0.137. The van der Waals surface area contributed by atoms with Gasteiger partial charge in [0.25, 0.3) is 5.91 Å². The highest BCUT2D eigenvalue weighted by Crippen LogP contribution is 2.34. The molecule has 27 heavy (non-hydrogen) atoms. The molecule has 1 aromatic carbocycles. The molecule has 1 amide bonds. The van der Waals surface area contributed by atoms with Gasteiger partial charge in [-0.15, -0.1) is 0 Å². The molecule has 144 valence electrons. The van der Waals surface area contributed by atoms with Crippen molar-refractivity contribution in [2.45, 2.75) is 6.18 Å². The van der Waals surface area contributed by atoms with Crippen LogP contribution in [0.15, 0.2) is 34.9 Å². The molecule has 0 aliphatic carbocycles. The number of benzene rings is 1. The molecule has 1 fully saturated rings. The van der Waals surface area contributed by atoms with Crippen molar-refractivity contribution in [2.75, 3.05) is 31.1 Å². The van der Waals surface area contributed by atoms with Gasteiger partial charge in [-0.05, 0) is 24.3 Å². The molecule has 0 atom stereocenters. The van der Waals surface area contributed by atoms with Crippen molar-refractivity contribution in [3.63, 3.8) is 0 Å². The number of aromatic nitrogens is 1. The fourth-order valence-electron chi connectivity index (χ4n) is 2.77. The van der Waals surface area contributed by atoms with Crippen LogP contribution < -0.4 is 4.90 Å². The van der Waals surface area contributed by atoms with Crippen LogP contribution in [0.3, 0.4) is 0 Å². The average Bonchev–Trinajstić information content (AvgIpc) is 2.62. The SMILES string of the molecule is O=C(c1cc(Br)ccc1Cl)N1CCN(c2ncc(C(F)(F)F)cc2Cl)CC1. The van der Waals surface area contributed by atoms with Gasteiger partial charge in [0.15, 0.2) is 0 Å². The smallest absolute Gasteiger partial charge is 0.352 e. The van der Waals surface area contributed by atoms with Gasteiger partial charge in [-0.2, -0.15) is 13.2 Å². The molecule has 0 radical (unpaired) electrons. The van der Waals surface area contributed by atoms with E-state index in [4.69, 9.17) is 23.2 Å². The Kier molecular flexibility index (Phi) is 5.88. The van der Waals surface area contributed by atoms with Gasteiger partial charge in [-0.25, -0.2) is 4.98 Å². The molecule has 1 saturated heterocycles. The fourth-order valence-corrected chi connectivity index (χ4v) is 3.62. The highest BCUT2D eigenvalue weighted by molar-refractivity contribution is 9.10. The van der Waals surface area contributed by atoms with E-state index in [0.717, 1.165) is 16.7 Å². The van der Waals surface area contributed by atoms with Crippen molar-refractivity contribution in [3.05, 3.63) is 56.1 Å². The van der Waals surface area contributed by atoms with Gasteiger partial charge in [0.1, 0.15) is 5.82 Å². The van der Waals surface area contributed by atoms with E-state index in [9.17, 15) is 18.0 Å². The third-order valence-corrected chi connectivity index (χ3v) is 5.28. The predicted molar refractivity (Wildman–Crippen MR) is 102 cm³/mol. The third kappa shape index (κ3) is 4.50. The van der Waals surface area contributed by atoms with Gasteiger partial charge in [-0.3, -0.25) is 4.79 Å². The minimum absolute atomic E-state index is 0.0698. The maximum absolute atomic E-state index is 12.7. The van der Waals surface area contributed by atoms with Crippen LogP contribution in [0.5, 0.6) is 0 Å². The molecule has 0 saturated carbocycles. The molecule has 10 heteroatoms. The van der Waals surface area contributed by atoms with E-state index in [-0.39, 0.29) is 16.7 Å². The minimum Gasteiger partial charge on any atom is -0.352 e. The lowest BCUT2D eigenvalue weighted by atomic mass is 10.1. The molecular weight excluding hydrogens is 470 g/mol. The van der Waals surface area contributed by atoms with E-state index >= 15 is 0 Å². The number of pyridine rings is 1. The number of piperazine rings is 1. The second kappa shape index (κ2) is 7.85. The molecule has 1 aliphatic heterocycles. The van der Waals surface area contributed by atoms with E-state index < -0.39 is 11.7 Å². The van der Waals surface area contributed by atoms with Crippen LogP contribution in [0.2, 0.25) is 10.0 Å². The number of amides is 1. The first-order valence-corrected chi connectivity index (χ1v) is 9.43. The number of halogens is 6. The first-order chi connectivity index (χ1) is 12.7. The minimum atomic E-state index is -4.50. The summed E-state index contributed by atoms with van der Waals surface area (Å²) in [4.78, 5) is 19.9. The molecule has 0 unspecified atom stereocenters. The number of nitrogens with zero attached hydrogens (tertiary/aromatic N) is 3. The highest BCUT2D eigenvalue weighted by atomic mass is 79.9. The van der Waals surface area contributed by atoms with E-state index in [1.54, 1.807) is 28.0 Å². The molecule has 3 rings (SSSR count). The van der Waals surface area contributed by atoms with Gasteiger partial charge >= 0.3 is 6.18 Å². The molecule has 0 N–H and O–H groups in total. The summed E-state index contributed by atoms with van der Waals surface area (Å²) in [7, 11) is 0. The number of anilines is 1. The first kappa shape index (κ1) is 20.2. The molecule has 2 heterocycles. The summed E-state index contributed by atoms with van der Waals surface area (Å²) in [5.41, 5.74) is -0.500. The summed E-state index contributed by atoms with van der Waals surface area (Å²) in [6.07, 6.45) is -3.73. The highest BCUT2D eigenvalue weighted by Gasteiger charge is 2.32. The number of rotatable bonds is 2. The lowest BCUT2D eigenvalue weighted by Gasteiger charge is -2.36. The van der Waals surface area contributed by atoms with Crippen LogP contribution in [0.1, 0.15) is 15.9 Å². The van der Waals surface area contributed by atoms with Gasteiger partial charge in [0, 0.05) is 36.8 Å². The summed E-state index contributed by atoms with van der Waals surface area (Å²) in [5, 5.41) is 0.290. The van der Waals surface area contributed by atoms with Gasteiger partial charge in [0.05, 0.1) is 21.2 Å². The van der Waals surface area contributed by atoms with Crippen LogP contribution in [-0.4, -0.2) is 42.0 Å². The number of alkyl halides is 3. The van der Waals surface area contributed by atoms with Crippen LogP contribution in [0.25, 0.3) is 0 Å². The van der Waals surface area contributed by atoms with Gasteiger partial charge in [0.2, 0.25) is 0 Å². The standard InChI is InChI=1S/C17H13BrCl2F3N3O/c18-11-1-2-13(19)12(8-11)16(27)26-5-3-25(4-6-26)15-14(20)7-10(9-24-15)17(21,22)23/h1-2,7-9H,3-6H2. The first-order valence-electron chi connectivity index (χ1n) is 7.89. The molecule has 2 aromatic rings. The van der Waals surface area contributed by atoms with Crippen molar-refractivity contribution >= 4 is 50.9 Å². The van der Waals surface area contributed by atoms with Crippen molar-refractivity contribution in [2.24, 2.45) is 0 Å². The Hall–Kier alpha value is -1.51. The Morgan fingerprint density at radius 3 is 2.33 bits per heavy atom. The van der Waals surface area contributed by atoms with E-state index in [1.165, 1.54) is 0 Å². The second-order valence-electron chi connectivity index (χ2n) is 5.93. The molecule has 0 spiro atoms. The Morgan fingerprint density at radius 1 is 1.07 bits per heavy atom. The van der Waals surface area contributed by atoms with E-state index in [2.05, 4.69) is 20.9 Å². The van der Waals surface area contributed by atoms with Crippen molar-refractivity contribution in [1.29, 1.82) is 0 Å². The van der Waals surface area contributed by atoms with E-state index in [0.29, 0.717) is 36.8 Å². The number of hydrogen-bond acceptors (Lipinski definition) is 3. The monoisotopic (exact) mass is 481 g/mol. The zero-order chi connectivity index (χ0) is 19.8. The van der Waals surface area contributed by atoms with Crippen LogP contribution in [-0.2, 0) is 6.18 Å². The number of carbonyl (C=O) groups excluding carboxylic acids is 1. The molecular formula is C17H13BrCl2F3N3O. The Bertz CT molecular complexity index is 871. The van der Waals surface area contributed by atoms with Gasteiger partial charge < -0.3 is 9.80 Å². The van der Waals surface area contributed by atoms with Gasteiger partial charge in [-0.1, -0.05) is 39.1 Å². The zero-order valence-corrected chi connectivity index (χ0v) is 16.8. The Morgan fingerprint density at radius 2 is 1.74 bits per heavy atom. The summed E-state index contributed by atoms with van der Waals surface area (Å²) in [6.45, 7) is 1.55. The van der Waals surface area contributed by atoms with E-state index in [1.807, 2.05) is 0 Å².